The quantitative estimate of drug-likeness (QED) is 0.741. The summed E-state index contributed by atoms with van der Waals surface area (Å²) in [5, 5.41) is 3.50. The molecule has 8 heteroatoms. The molecule has 2 saturated carbocycles. The predicted molar refractivity (Wildman–Crippen MR) is 112 cm³/mol. The van der Waals surface area contributed by atoms with E-state index in [1.807, 2.05) is 4.90 Å². The summed E-state index contributed by atoms with van der Waals surface area (Å²) < 4.78 is 0.571. The number of thiazole rings is 1. The van der Waals surface area contributed by atoms with E-state index >= 15 is 0 Å². The summed E-state index contributed by atoms with van der Waals surface area (Å²) in [6.07, 6.45) is 12.1. The molecule has 2 aliphatic carbocycles. The molecule has 3 amide bonds. The van der Waals surface area contributed by atoms with E-state index in [0.717, 1.165) is 38.8 Å². The Kier molecular flexibility index (Phi) is 6.41. The van der Waals surface area contributed by atoms with Crippen molar-refractivity contribution in [2.45, 2.75) is 76.3 Å². The summed E-state index contributed by atoms with van der Waals surface area (Å²) in [4.78, 5) is 33.8. The number of amides is 3. The van der Waals surface area contributed by atoms with Gasteiger partial charge in [0, 0.05) is 31.6 Å². The Bertz CT molecular complexity index is 694. The molecule has 0 spiro atoms. The van der Waals surface area contributed by atoms with E-state index in [-0.39, 0.29) is 18.1 Å². The first-order valence-corrected chi connectivity index (χ1v) is 11.8. The van der Waals surface area contributed by atoms with Crippen LogP contribution in [0.1, 0.15) is 64.2 Å². The molecular weight excluding hydrogens is 396 g/mol. The Morgan fingerprint density at radius 2 is 1.79 bits per heavy atom. The van der Waals surface area contributed by atoms with Crippen LogP contribution in [0.25, 0.3) is 0 Å². The van der Waals surface area contributed by atoms with Gasteiger partial charge in [-0.2, -0.15) is 0 Å². The van der Waals surface area contributed by atoms with Crippen molar-refractivity contribution in [2.75, 3.05) is 18.4 Å². The SMILES string of the molecule is O=C(CC1CC1)N1CCC(N(C(=O)Nc2ncc(Cl)s2)C2CCCCC2)CC1. The van der Waals surface area contributed by atoms with E-state index in [2.05, 4.69) is 15.2 Å². The van der Waals surface area contributed by atoms with Gasteiger partial charge in [-0.15, -0.1) is 0 Å². The van der Waals surface area contributed by atoms with Gasteiger partial charge in [0.2, 0.25) is 5.91 Å². The molecule has 1 saturated heterocycles. The summed E-state index contributed by atoms with van der Waals surface area (Å²) in [5.41, 5.74) is 0. The molecule has 28 heavy (non-hydrogen) atoms. The third-order valence-corrected chi connectivity index (χ3v) is 7.30. The molecule has 154 valence electrons. The molecule has 4 rings (SSSR count). The monoisotopic (exact) mass is 424 g/mol. The first-order chi connectivity index (χ1) is 13.6. The van der Waals surface area contributed by atoms with Crippen molar-refractivity contribution in [1.82, 2.24) is 14.8 Å². The summed E-state index contributed by atoms with van der Waals surface area (Å²) in [7, 11) is 0. The van der Waals surface area contributed by atoms with Crippen LogP contribution in [0.3, 0.4) is 0 Å². The van der Waals surface area contributed by atoms with E-state index in [1.54, 1.807) is 6.20 Å². The van der Waals surface area contributed by atoms with E-state index in [9.17, 15) is 9.59 Å². The van der Waals surface area contributed by atoms with Gasteiger partial charge < -0.3 is 9.80 Å². The van der Waals surface area contributed by atoms with Crippen LogP contribution in [0.5, 0.6) is 0 Å². The zero-order valence-corrected chi connectivity index (χ0v) is 17.8. The number of hydrogen-bond acceptors (Lipinski definition) is 4. The van der Waals surface area contributed by atoms with Crippen LogP contribution >= 0.6 is 22.9 Å². The van der Waals surface area contributed by atoms with Crippen LogP contribution in [0, 0.1) is 5.92 Å². The number of carbonyl (C=O) groups excluding carboxylic acids is 2. The molecule has 0 radical (unpaired) electrons. The standard InChI is InChI=1S/C20H29ClN4O2S/c21-17-13-22-19(28-17)23-20(27)25(15-4-2-1-3-5-15)16-8-10-24(11-9-16)18(26)12-14-6-7-14/h13-16H,1-12H2,(H,22,23,27). The normalized spacial score (nSPS) is 21.5. The van der Waals surface area contributed by atoms with E-state index in [0.29, 0.717) is 27.7 Å². The maximum Gasteiger partial charge on any atom is 0.324 e. The number of hydrogen-bond donors (Lipinski definition) is 1. The maximum absolute atomic E-state index is 13.1. The fourth-order valence-electron chi connectivity index (χ4n) is 4.55. The number of carbonyl (C=O) groups is 2. The lowest BCUT2D eigenvalue weighted by Gasteiger charge is -2.43. The second-order valence-electron chi connectivity index (χ2n) is 8.36. The Morgan fingerprint density at radius 3 is 2.39 bits per heavy atom. The van der Waals surface area contributed by atoms with Gasteiger partial charge in [-0.05, 0) is 44.4 Å². The highest BCUT2D eigenvalue weighted by Gasteiger charge is 2.36. The molecule has 0 unspecified atom stereocenters. The maximum atomic E-state index is 13.1. The van der Waals surface area contributed by atoms with Gasteiger partial charge in [-0.25, -0.2) is 9.78 Å². The molecule has 0 bridgehead atoms. The number of urea groups is 1. The zero-order valence-electron chi connectivity index (χ0n) is 16.2. The number of likely N-dealkylation sites (tertiary alicyclic amines) is 1. The van der Waals surface area contributed by atoms with Crippen LogP contribution in [0.2, 0.25) is 4.34 Å². The lowest BCUT2D eigenvalue weighted by atomic mass is 9.91. The number of piperidine rings is 1. The van der Waals surface area contributed by atoms with Crippen molar-refractivity contribution < 1.29 is 9.59 Å². The molecule has 0 aromatic carbocycles. The van der Waals surface area contributed by atoms with Gasteiger partial charge in [0.25, 0.3) is 0 Å². The molecular formula is C20H29ClN4O2S. The van der Waals surface area contributed by atoms with Crippen molar-refractivity contribution in [3.05, 3.63) is 10.5 Å². The van der Waals surface area contributed by atoms with Crippen LogP contribution < -0.4 is 5.32 Å². The highest BCUT2D eigenvalue weighted by atomic mass is 35.5. The molecule has 1 aromatic heterocycles. The number of halogens is 1. The highest BCUT2D eigenvalue weighted by Crippen LogP contribution is 2.34. The fraction of sp³-hybridized carbons (Fsp3) is 0.750. The van der Waals surface area contributed by atoms with Gasteiger partial charge in [0.05, 0.1) is 6.20 Å². The predicted octanol–water partition coefficient (Wildman–Crippen LogP) is 4.75. The van der Waals surface area contributed by atoms with Crippen molar-refractivity contribution in [1.29, 1.82) is 0 Å². The Labute approximate surface area is 175 Å². The summed E-state index contributed by atoms with van der Waals surface area (Å²) >= 11 is 7.25. The van der Waals surface area contributed by atoms with E-state index in [4.69, 9.17) is 11.6 Å². The van der Waals surface area contributed by atoms with Crippen LogP contribution in [0.4, 0.5) is 9.93 Å². The number of anilines is 1. The first-order valence-electron chi connectivity index (χ1n) is 10.6. The zero-order chi connectivity index (χ0) is 19.5. The van der Waals surface area contributed by atoms with E-state index < -0.39 is 0 Å². The van der Waals surface area contributed by atoms with Crippen molar-refractivity contribution in [2.24, 2.45) is 5.92 Å². The largest absolute Gasteiger partial charge is 0.343 e. The Hall–Kier alpha value is -1.34. The minimum atomic E-state index is -0.0688. The number of aromatic nitrogens is 1. The second-order valence-corrected chi connectivity index (χ2v) is 10.0. The van der Waals surface area contributed by atoms with Crippen LogP contribution in [-0.4, -0.2) is 51.9 Å². The second kappa shape index (κ2) is 8.99. The van der Waals surface area contributed by atoms with Crippen molar-refractivity contribution in [3.8, 4) is 0 Å². The average molecular weight is 425 g/mol. The van der Waals surface area contributed by atoms with Crippen LogP contribution in [-0.2, 0) is 4.79 Å². The molecule has 1 N–H and O–H groups in total. The third kappa shape index (κ3) is 4.98. The average Bonchev–Trinajstić information content (AvgIpc) is 3.43. The van der Waals surface area contributed by atoms with Gasteiger partial charge in [-0.3, -0.25) is 10.1 Å². The molecule has 1 aliphatic heterocycles. The molecule has 0 atom stereocenters. The summed E-state index contributed by atoms with van der Waals surface area (Å²) in [6, 6.07) is 0.395. The number of nitrogens with zero attached hydrogens (tertiary/aromatic N) is 3. The number of rotatable bonds is 5. The van der Waals surface area contributed by atoms with Gasteiger partial charge in [0.1, 0.15) is 4.34 Å². The molecule has 3 aliphatic rings. The van der Waals surface area contributed by atoms with Crippen LogP contribution in [0.15, 0.2) is 6.20 Å². The van der Waals surface area contributed by atoms with Gasteiger partial charge >= 0.3 is 6.03 Å². The van der Waals surface area contributed by atoms with Crippen molar-refractivity contribution >= 4 is 40.0 Å². The minimum Gasteiger partial charge on any atom is -0.343 e. The molecule has 6 nitrogen and oxygen atoms in total. The third-order valence-electron chi connectivity index (χ3n) is 6.26. The van der Waals surface area contributed by atoms with Gasteiger partial charge in [-0.1, -0.05) is 42.2 Å². The van der Waals surface area contributed by atoms with E-state index in [1.165, 1.54) is 43.4 Å². The molecule has 1 aromatic rings. The molecule has 2 heterocycles. The smallest absolute Gasteiger partial charge is 0.324 e. The van der Waals surface area contributed by atoms with Crippen molar-refractivity contribution in [3.63, 3.8) is 0 Å². The van der Waals surface area contributed by atoms with Gasteiger partial charge in [0.15, 0.2) is 5.13 Å². The minimum absolute atomic E-state index is 0.0688. The Balaban J connectivity index is 1.40. The highest BCUT2D eigenvalue weighted by molar-refractivity contribution is 7.19. The lowest BCUT2D eigenvalue weighted by Crippen LogP contribution is -2.54. The number of nitrogens with one attached hydrogen (secondary N) is 1. The summed E-state index contributed by atoms with van der Waals surface area (Å²) in [6.45, 7) is 1.52. The Morgan fingerprint density at radius 1 is 1.11 bits per heavy atom. The fourth-order valence-corrected chi connectivity index (χ4v) is 5.35. The topological polar surface area (TPSA) is 65.5 Å². The first kappa shape index (κ1) is 20.0. The molecule has 3 fully saturated rings. The summed E-state index contributed by atoms with van der Waals surface area (Å²) in [5.74, 6) is 0.923. The lowest BCUT2D eigenvalue weighted by molar-refractivity contribution is -0.133.